The first kappa shape index (κ1) is 21.5. The summed E-state index contributed by atoms with van der Waals surface area (Å²) in [6.45, 7) is 5.45. The molecule has 2 aliphatic heterocycles. The second-order valence-corrected chi connectivity index (χ2v) is 8.77. The fourth-order valence-electron chi connectivity index (χ4n) is 4.74. The highest BCUT2D eigenvalue weighted by molar-refractivity contribution is 5.97. The Hall–Kier alpha value is -2.70. The van der Waals surface area contributed by atoms with Gasteiger partial charge in [-0.3, -0.25) is 4.79 Å². The molecule has 31 heavy (non-hydrogen) atoms. The number of ether oxygens (including phenoxy) is 2. The number of rotatable bonds is 6. The monoisotopic (exact) mass is 428 g/mol. The molecule has 2 amide bonds. The Labute approximate surface area is 183 Å². The lowest BCUT2D eigenvalue weighted by Crippen LogP contribution is -2.44. The molecule has 2 saturated heterocycles. The molecule has 2 fully saturated rings. The number of nitrogens with zero attached hydrogens (tertiary/aromatic N) is 2. The lowest BCUT2D eigenvalue weighted by atomic mass is 9.78. The molecule has 2 aromatic rings. The predicted octanol–water partition coefficient (Wildman–Crippen LogP) is 4.70. The van der Waals surface area contributed by atoms with E-state index in [-0.39, 0.29) is 17.4 Å². The maximum absolute atomic E-state index is 13.0. The third-order valence-electron chi connectivity index (χ3n) is 6.72. The Balaban J connectivity index is 1.32. The Bertz CT molecular complexity index is 929. The lowest BCUT2D eigenvalue weighted by molar-refractivity contribution is 0.0547. The normalized spacial score (nSPS) is 18.0. The Morgan fingerprint density at radius 1 is 1.10 bits per heavy atom. The van der Waals surface area contributed by atoms with Crippen molar-refractivity contribution in [2.24, 2.45) is 5.41 Å². The zero-order chi connectivity index (χ0) is 21.8. The molecule has 0 saturated carbocycles. The zero-order valence-corrected chi connectivity index (χ0v) is 18.5. The molecule has 2 aliphatic rings. The number of unbranched alkanes of at least 4 members (excludes halogenated alkanes) is 2. The number of carbonyl (C=O) groups is 2. The van der Waals surface area contributed by atoms with Crippen molar-refractivity contribution in [1.82, 2.24) is 9.80 Å². The van der Waals surface area contributed by atoms with Crippen LogP contribution in [-0.2, 0) is 4.74 Å². The summed E-state index contributed by atoms with van der Waals surface area (Å²) in [5.41, 5.74) is 0.696. The van der Waals surface area contributed by atoms with Gasteiger partial charge in [-0.25, -0.2) is 4.79 Å². The van der Waals surface area contributed by atoms with Gasteiger partial charge in [0.1, 0.15) is 0 Å². The summed E-state index contributed by atoms with van der Waals surface area (Å²) in [6, 6.07) is 7.41. The van der Waals surface area contributed by atoms with Gasteiger partial charge in [0.25, 0.3) is 5.91 Å². The van der Waals surface area contributed by atoms with E-state index in [9.17, 15) is 9.59 Å². The van der Waals surface area contributed by atoms with Crippen LogP contribution in [0.25, 0.3) is 11.0 Å². The molecule has 3 heterocycles. The molecular weight excluding hydrogens is 396 g/mol. The van der Waals surface area contributed by atoms with Crippen LogP contribution in [0.5, 0.6) is 5.75 Å². The summed E-state index contributed by atoms with van der Waals surface area (Å²) in [5, 5.41) is 0.861. The van der Waals surface area contributed by atoms with E-state index in [0.29, 0.717) is 36.8 Å². The van der Waals surface area contributed by atoms with E-state index in [1.165, 1.54) is 0 Å². The molecule has 7 heteroatoms. The van der Waals surface area contributed by atoms with Crippen molar-refractivity contribution < 1.29 is 23.5 Å². The molecule has 0 atom stereocenters. The molecule has 168 valence electrons. The number of carbonyl (C=O) groups excluding carboxylic acids is 2. The quantitative estimate of drug-likeness (QED) is 0.624. The summed E-state index contributed by atoms with van der Waals surface area (Å²) in [6.07, 6.45) is 5.68. The summed E-state index contributed by atoms with van der Waals surface area (Å²) >= 11 is 0. The summed E-state index contributed by atoms with van der Waals surface area (Å²) in [4.78, 5) is 29.1. The summed E-state index contributed by atoms with van der Waals surface area (Å²) < 4.78 is 16.6. The van der Waals surface area contributed by atoms with Crippen LogP contribution >= 0.6 is 0 Å². The van der Waals surface area contributed by atoms with Crippen LogP contribution in [0.2, 0.25) is 0 Å². The molecule has 0 N–H and O–H groups in total. The number of furan rings is 1. The van der Waals surface area contributed by atoms with Crippen molar-refractivity contribution in [2.75, 3.05) is 39.9 Å². The van der Waals surface area contributed by atoms with Crippen molar-refractivity contribution in [3.8, 4) is 5.75 Å². The van der Waals surface area contributed by atoms with Gasteiger partial charge in [-0.2, -0.15) is 0 Å². The highest BCUT2D eigenvalue weighted by Gasteiger charge is 2.43. The number of fused-ring (bicyclic) bond motifs is 1. The van der Waals surface area contributed by atoms with Crippen molar-refractivity contribution in [1.29, 1.82) is 0 Å². The van der Waals surface area contributed by atoms with Crippen molar-refractivity contribution in [2.45, 2.75) is 45.4 Å². The van der Waals surface area contributed by atoms with Gasteiger partial charge in [-0.15, -0.1) is 0 Å². The van der Waals surface area contributed by atoms with Gasteiger partial charge in [0.05, 0.1) is 13.7 Å². The number of piperidine rings is 1. The second-order valence-electron chi connectivity index (χ2n) is 8.77. The molecule has 0 unspecified atom stereocenters. The number of amides is 2. The standard InChI is InChI=1S/C24H32N2O5/c1-3-4-5-15-30-23(28)26-14-11-24(17-26)9-12-25(13-10-24)22(27)20-16-18-7-6-8-19(29-2)21(18)31-20/h6-8,16H,3-5,9-15,17H2,1-2H3. The van der Waals surface area contributed by atoms with Crippen molar-refractivity contribution in [3.63, 3.8) is 0 Å². The molecule has 0 aliphatic carbocycles. The van der Waals surface area contributed by atoms with Gasteiger partial charge >= 0.3 is 6.09 Å². The van der Waals surface area contributed by atoms with Gasteiger partial charge < -0.3 is 23.7 Å². The number of hydrogen-bond donors (Lipinski definition) is 0. The molecule has 4 rings (SSSR count). The number of likely N-dealkylation sites (tertiary alicyclic amines) is 2. The highest BCUT2D eigenvalue weighted by atomic mass is 16.6. The minimum Gasteiger partial charge on any atom is -0.493 e. The van der Waals surface area contributed by atoms with E-state index in [4.69, 9.17) is 13.9 Å². The number of para-hydroxylation sites is 1. The van der Waals surface area contributed by atoms with E-state index in [0.717, 1.165) is 57.0 Å². The van der Waals surface area contributed by atoms with Gasteiger partial charge in [-0.1, -0.05) is 31.9 Å². The van der Waals surface area contributed by atoms with Crippen LogP contribution in [0, 0.1) is 5.41 Å². The topological polar surface area (TPSA) is 72.2 Å². The van der Waals surface area contributed by atoms with Crippen LogP contribution in [0.4, 0.5) is 4.79 Å². The summed E-state index contributed by atoms with van der Waals surface area (Å²) in [7, 11) is 1.59. The third kappa shape index (κ3) is 4.50. The maximum Gasteiger partial charge on any atom is 0.409 e. The molecule has 0 radical (unpaired) electrons. The average molecular weight is 429 g/mol. The largest absolute Gasteiger partial charge is 0.493 e. The molecule has 1 aromatic carbocycles. The molecular formula is C24H32N2O5. The van der Waals surface area contributed by atoms with Crippen molar-refractivity contribution in [3.05, 3.63) is 30.0 Å². The fraction of sp³-hybridized carbons (Fsp3) is 0.583. The Kier molecular flexibility index (Phi) is 6.39. The number of methoxy groups -OCH3 is 1. The van der Waals surface area contributed by atoms with E-state index < -0.39 is 0 Å². The minimum atomic E-state index is -0.192. The minimum absolute atomic E-state index is 0.0849. The van der Waals surface area contributed by atoms with E-state index in [2.05, 4.69) is 6.92 Å². The first-order chi connectivity index (χ1) is 15.0. The first-order valence-corrected chi connectivity index (χ1v) is 11.3. The number of hydrogen-bond acceptors (Lipinski definition) is 5. The molecule has 1 spiro atoms. The maximum atomic E-state index is 13.0. The second kappa shape index (κ2) is 9.20. The van der Waals surface area contributed by atoms with E-state index in [1.54, 1.807) is 13.2 Å². The predicted molar refractivity (Wildman–Crippen MR) is 117 cm³/mol. The van der Waals surface area contributed by atoms with Crippen LogP contribution in [0.1, 0.15) is 56.0 Å². The van der Waals surface area contributed by atoms with Crippen molar-refractivity contribution >= 4 is 23.0 Å². The van der Waals surface area contributed by atoms with Gasteiger partial charge in [0.15, 0.2) is 17.1 Å². The van der Waals surface area contributed by atoms with E-state index >= 15 is 0 Å². The van der Waals surface area contributed by atoms with Crippen LogP contribution in [-0.4, -0.2) is 61.7 Å². The van der Waals surface area contributed by atoms with Crippen LogP contribution in [0.15, 0.2) is 28.7 Å². The molecule has 0 bridgehead atoms. The Morgan fingerprint density at radius 2 is 1.84 bits per heavy atom. The molecule has 1 aromatic heterocycles. The van der Waals surface area contributed by atoms with Gasteiger partial charge in [0.2, 0.25) is 0 Å². The first-order valence-electron chi connectivity index (χ1n) is 11.3. The molecule has 7 nitrogen and oxygen atoms in total. The SMILES string of the molecule is CCCCCOC(=O)N1CCC2(CCN(C(=O)c3cc4cccc(OC)c4o3)CC2)C1. The van der Waals surface area contributed by atoms with Crippen LogP contribution < -0.4 is 4.74 Å². The average Bonchev–Trinajstić information content (AvgIpc) is 3.41. The number of benzene rings is 1. The van der Waals surface area contributed by atoms with Gasteiger partial charge in [-0.05, 0) is 43.2 Å². The van der Waals surface area contributed by atoms with Crippen LogP contribution in [0.3, 0.4) is 0 Å². The zero-order valence-electron chi connectivity index (χ0n) is 18.5. The van der Waals surface area contributed by atoms with E-state index in [1.807, 2.05) is 28.0 Å². The third-order valence-corrected chi connectivity index (χ3v) is 6.72. The smallest absolute Gasteiger partial charge is 0.409 e. The lowest BCUT2D eigenvalue weighted by Gasteiger charge is -2.38. The Morgan fingerprint density at radius 3 is 2.55 bits per heavy atom. The van der Waals surface area contributed by atoms with Gasteiger partial charge in [0, 0.05) is 31.6 Å². The summed E-state index contributed by atoms with van der Waals surface area (Å²) in [5.74, 6) is 0.888. The fourth-order valence-corrected chi connectivity index (χ4v) is 4.74. The highest BCUT2D eigenvalue weighted by Crippen LogP contribution is 2.41.